The summed E-state index contributed by atoms with van der Waals surface area (Å²) < 4.78 is 7.07. The van der Waals surface area contributed by atoms with Crippen LogP contribution < -0.4 is 5.56 Å². The standard InChI is InChI=1S/C18H23N3O3S2/c1-2-6-21-17(23)15-12-4-3-5-13(12)26-16(15)19-18(21)25-11-14(22)20-7-9-24-10-8-20/h2-11H2,1H3. The second kappa shape index (κ2) is 7.70. The molecule has 0 radical (unpaired) electrons. The Kier molecular flexibility index (Phi) is 5.33. The zero-order valence-electron chi connectivity index (χ0n) is 15.0. The first-order chi connectivity index (χ1) is 12.7. The molecular weight excluding hydrogens is 370 g/mol. The van der Waals surface area contributed by atoms with Crippen LogP contribution in [0.25, 0.3) is 10.2 Å². The average Bonchev–Trinajstić information content (AvgIpc) is 3.24. The quantitative estimate of drug-likeness (QED) is 0.576. The van der Waals surface area contributed by atoms with Crippen LogP contribution in [0.5, 0.6) is 0 Å². The number of amides is 1. The smallest absolute Gasteiger partial charge is 0.263 e. The minimum absolute atomic E-state index is 0.0672. The third-order valence-corrected chi connectivity index (χ3v) is 7.07. The summed E-state index contributed by atoms with van der Waals surface area (Å²) in [5.41, 5.74) is 1.28. The SMILES string of the molecule is CCCn1c(SCC(=O)N2CCOCC2)nc2sc3c(c2c1=O)CCC3. The third kappa shape index (κ3) is 3.30. The first-order valence-corrected chi connectivity index (χ1v) is 11.0. The summed E-state index contributed by atoms with van der Waals surface area (Å²) in [5, 5.41) is 1.49. The molecule has 0 bridgehead atoms. The predicted molar refractivity (Wildman–Crippen MR) is 104 cm³/mol. The third-order valence-electron chi connectivity index (χ3n) is 4.93. The number of carbonyl (C=O) groups is 1. The number of thiophene rings is 1. The molecule has 140 valence electrons. The maximum absolute atomic E-state index is 13.1. The minimum atomic E-state index is 0.0672. The van der Waals surface area contributed by atoms with E-state index in [2.05, 4.69) is 6.92 Å². The number of carbonyl (C=O) groups excluding carboxylic acids is 1. The number of hydrogen-bond donors (Lipinski definition) is 0. The first kappa shape index (κ1) is 18.0. The molecule has 3 heterocycles. The number of aromatic nitrogens is 2. The predicted octanol–water partition coefficient (Wildman–Crippen LogP) is 2.31. The Bertz CT molecular complexity index is 884. The molecule has 2 aromatic rings. The molecule has 0 aromatic carbocycles. The molecule has 2 aromatic heterocycles. The zero-order valence-corrected chi connectivity index (χ0v) is 16.6. The van der Waals surface area contributed by atoms with Gasteiger partial charge in [-0.05, 0) is 31.2 Å². The lowest BCUT2D eigenvalue weighted by Crippen LogP contribution is -2.41. The highest BCUT2D eigenvalue weighted by molar-refractivity contribution is 7.99. The van der Waals surface area contributed by atoms with Gasteiger partial charge in [-0.25, -0.2) is 4.98 Å². The van der Waals surface area contributed by atoms with Gasteiger partial charge in [-0.15, -0.1) is 11.3 Å². The first-order valence-electron chi connectivity index (χ1n) is 9.22. The van der Waals surface area contributed by atoms with Gasteiger partial charge in [0.15, 0.2) is 5.16 Å². The fraction of sp³-hybridized carbons (Fsp3) is 0.611. The van der Waals surface area contributed by atoms with Gasteiger partial charge in [0.05, 0.1) is 24.4 Å². The summed E-state index contributed by atoms with van der Waals surface area (Å²) in [4.78, 5) is 34.3. The second-order valence-corrected chi connectivity index (χ2v) is 8.70. The van der Waals surface area contributed by atoms with E-state index < -0.39 is 0 Å². The van der Waals surface area contributed by atoms with Crippen LogP contribution in [-0.4, -0.2) is 52.4 Å². The molecule has 1 aliphatic carbocycles. The summed E-state index contributed by atoms with van der Waals surface area (Å²) in [6.45, 7) is 5.18. The molecule has 0 N–H and O–H groups in total. The van der Waals surface area contributed by atoms with Crippen molar-refractivity contribution in [3.8, 4) is 0 Å². The van der Waals surface area contributed by atoms with Gasteiger partial charge in [-0.3, -0.25) is 14.2 Å². The molecule has 1 aliphatic heterocycles. The van der Waals surface area contributed by atoms with Gasteiger partial charge in [0.1, 0.15) is 4.83 Å². The Morgan fingerprint density at radius 1 is 1.31 bits per heavy atom. The van der Waals surface area contributed by atoms with Crippen molar-refractivity contribution in [2.75, 3.05) is 32.1 Å². The summed E-state index contributed by atoms with van der Waals surface area (Å²) in [6.07, 6.45) is 4.04. The van der Waals surface area contributed by atoms with E-state index in [9.17, 15) is 9.59 Å². The number of morpholine rings is 1. The highest BCUT2D eigenvalue weighted by atomic mass is 32.2. The summed E-state index contributed by atoms with van der Waals surface area (Å²) in [6, 6.07) is 0. The summed E-state index contributed by atoms with van der Waals surface area (Å²) in [7, 11) is 0. The van der Waals surface area contributed by atoms with E-state index in [1.807, 2.05) is 4.90 Å². The van der Waals surface area contributed by atoms with E-state index in [0.717, 1.165) is 35.9 Å². The van der Waals surface area contributed by atoms with Crippen molar-refractivity contribution in [3.05, 3.63) is 20.8 Å². The molecule has 6 nitrogen and oxygen atoms in total. The average molecular weight is 394 g/mol. The largest absolute Gasteiger partial charge is 0.378 e. The Labute approximate surface area is 160 Å². The van der Waals surface area contributed by atoms with E-state index in [0.29, 0.717) is 43.8 Å². The van der Waals surface area contributed by atoms with Gasteiger partial charge in [0.2, 0.25) is 5.91 Å². The van der Waals surface area contributed by atoms with Gasteiger partial charge in [-0.1, -0.05) is 18.7 Å². The van der Waals surface area contributed by atoms with Crippen LogP contribution >= 0.6 is 23.1 Å². The maximum atomic E-state index is 13.1. The molecule has 4 rings (SSSR count). The molecular formula is C18H23N3O3S2. The lowest BCUT2D eigenvalue weighted by Gasteiger charge is -2.26. The van der Waals surface area contributed by atoms with Crippen molar-refractivity contribution in [2.45, 2.75) is 44.3 Å². The zero-order chi connectivity index (χ0) is 18.1. The summed E-state index contributed by atoms with van der Waals surface area (Å²) >= 11 is 3.04. The van der Waals surface area contributed by atoms with Crippen LogP contribution in [0, 0.1) is 0 Å². The number of ether oxygens (including phenoxy) is 1. The van der Waals surface area contributed by atoms with E-state index in [4.69, 9.17) is 9.72 Å². The lowest BCUT2D eigenvalue weighted by molar-refractivity contribution is -0.132. The second-order valence-electron chi connectivity index (χ2n) is 6.67. The molecule has 0 spiro atoms. The van der Waals surface area contributed by atoms with E-state index in [-0.39, 0.29) is 11.5 Å². The highest BCUT2D eigenvalue weighted by Crippen LogP contribution is 2.35. The topological polar surface area (TPSA) is 64.4 Å². The van der Waals surface area contributed by atoms with Gasteiger partial charge in [-0.2, -0.15) is 0 Å². The number of hydrogen-bond acceptors (Lipinski definition) is 6. The summed E-state index contributed by atoms with van der Waals surface area (Å²) in [5.74, 6) is 0.400. The van der Waals surface area contributed by atoms with Gasteiger partial charge >= 0.3 is 0 Å². The normalized spacial score (nSPS) is 17.0. The molecule has 26 heavy (non-hydrogen) atoms. The van der Waals surface area contributed by atoms with Gasteiger partial charge < -0.3 is 9.64 Å². The van der Waals surface area contributed by atoms with Gasteiger partial charge in [0, 0.05) is 24.5 Å². The maximum Gasteiger partial charge on any atom is 0.263 e. The van der Waals surface area contributed by atoms with Crippen LogP contribution in [0.1, 0.15) is 30.2 Å². The van der Waals surface area contributed by atoms with Crippen LogP contribution in [0.4, 0.5) is 0 Å². The fourth-order valence-corrected chi connectivity index (χ4v) is 5.85. The monoisotopic (exact) mass is 393 g/mol. The number of rotatable bonds is 5. The van der Waals surface area contributed by atoms with Crippen molar-refractivity contribution in [1.29, 1.82) is 0 Å². The van der Waals surface area contributed by atoms with Crippen molar-refractivity contribution in [2.24, 2.45) is 0 Å². The molecule has 1 saturated heterocycles. The lowest BCUT2D eigenvalue weighted by atomic mass is 10.2. The Morgan fingerprint density at radius 2 is 2.12 bits per heavy atom. The molecule has 2 aliphatic rings. The van der Waals surface area contributed by atoms with E-state index in [1.165, 1.54) is 22.2 Å². The number of aryl methyl sites for hydroxylation is 2. The van der Waals surface area contributed by atoms with Crippen molar-refractivity contribution in [3.63, 3.8) is 0 Å². The number of nitrogens with zero attached hydrogens (tertiary/aromatic N) is 3. The van der Waals surface area contributed by atoms with Crippen LogP contribution in [0.15, 0.2) is 9.95 Å². The van der Waals surface area contributed by atoms with Crippen molar-refractivity contribution in [1.82, 2.24) is 14.5 Å². The van der Waals surface area contributed by atoms with Crippen molar-refractivity contribution < 1.29 is 9.53 Å². The highest BCUT2D eigenvalue weighted by Gasteiger charge is 2.24. The minimum Gasteiger partial charge on any atom is -0.378 e. The Balaban J connectivity index is 1.62. The van der Waals surface area contributed by atoms with E-state index >= 15 is 0 Å². The molecule has 8 heteroatoms. The van der Waals surface area contributed by atoms with Crippen LogP contribution in [-0.2, 0) is 28.9 Å². The molecule has 1 amide bonds. The van der Waals surface area contributed by atoms with Crippen molar-refractivity contribution >= 4 is 39.2 Å². The molecule has 0 saturated carbocycles. The number of fused-ring (bicyclic) bond motifs is 3. The molecule has 1 fully saturated rings. The Morgan fingerprint density at radius 3 is 2.88 bits per heavy atom. The van der Waals surface area contributed by atoms with E-state index in [1.54, 1.807) is 15.9 Å². The van der Waals surface area contributed by atoms with Gasteiger partial charge in [0.25, 0.3) is 5.56 Å². The van der Waals surface area contributed by atoms with Crippen LogP contribution in [0.3, 0.4) is 0 Å². The Hall–Kier alpha value is -1.38. The molecule has 0 unspecified atom stereocenters. The van der Waals surface area contributed by atoms with Crippen LogP contribution in [0.2, 0.25) is 0 Å². The molecule has 0 atom stereocenters. The fourth-order valence-electron chi connectivity index (χ4n) is 3.62. The number of thioether (sulfide) groups is 1.